The second-order valence-corrected chi connectivity index (χ2v) is 6.10. The Bertz CT molecular complexity index is 734. The number of aliphatic hydroxyl groups is 1. The van der Waals surface area contributed by atoms with Crippen LogP contribution in [0.5, 0.6) is 5.75 Å². The van der Waals surface area contributed by atoms with Crippen LogP contribution in [0.3, 0.4) is 0 Å². The molecule has 137 valence electrons. The zero-order valence-electron chi connectivity index (χ0n) is 14.4. The molecule has 2 atom stereocenters. The van der Waals surface area contributed by atoms with Gasteiger partial charge < -0.3 is 21.3 Å². The number of nitrogens with two attached hydrogens (primary N) is 2. The van der Waals surface area contributed by atoms with Crippen LogP contribution in [-0.2, 0) is 17.6 Å². The van der Waals surface area contributed by atoms with Crippen LogP contribution in [0.1, 0.15) is 17.5 Å². The third-order valence-corrected chi connectivity index (χ3v) is 4.00. The summed E-state index contributed by atoms with van der Waals surface area (Å²) in [6, 6.07) is 16.5. The first-order valence-corrected chi connectivity index (χ1v) is 8.35. The van der Waals surface area contributed by atoms with Gasteiger partial charge in [0.2, 0.25) is 5.91 Å². The van der Waals surface area contributed by atoms with Gasteiger partial charge in [0.05, 0.1) is 6.10 Å². The minimum absolute atomic E-state index is 0.225. The Labute approximate surface area is 152 Å². The molecule has 2 aromatic rings. The first-order valence-electron chi connectivity index (χ1n) is 8.35. The molecule has 2 amide bonds. The number of benzene rings is 2. The normalized spacial score (nSPS) is 13.0. The standard InChI is InChI=1S/C20H23N2O4/c21-19(24)16(11-15-7-4-8-18(12-15)26-20(22)25)13-17(23)10-9-14-5-2-1-3-6-14/h1-8,10,12,16-17,23H,9,11,13H2,(H2,21,24)(H2,22,25)/t16-,17+/m1/s1. The van der Waals surface area contributed by atoms with Gasteiger partial charge in [0.1, 0.15) is 5.75 Å². The minimum Gasteiger partial charge on any atom is -0.410 e. The predicted octanol–water partition coefficient (Wildman–Crippen LogP) is 1.99. The van der Waals surface area contributed by atoms with Gasteiger partial charge in [-0.2, -0.15) is 0 Å². The predicted molar refractivity (Wildman–Crippen MR) is 98.1 cm³/mol. The maximum Gasteiger partial charge on any atom is 0.409 e. The van der Waals surface area contributed by atoms with Crippen molar-refractivity contribution in [3.8, 4) is 5.75 Å². The Kier molecular flexibility index (Phi) is 7.17. The van der Waals surface area contributed by atoms with E-state index in [9.17, 15) is 14.7 Å². The lowest BCUT2D eigenvalue weighted by atomic mass is 9.91. The molecule has 5 N–H and O–H groups in total. The highest BCUT2D eigenvalue weighted by Gasteiger charge is 2.21. The summed E-state index contributed by atoms with van der Waals surface area (Å²) in [6.07, 6.45) is 1.27. The third kappa shape index (κ3) is 6.57. The molecule has 2 rings (SSSR count). The molecule has 0 aliphatic rings. The highest BCUT2D eigenvalue weighted by Crippen LogP contribution is 2.20. The van der Waals surface area contributed by atoms with Crippen molar-refractivity contribution in [1.29, 1.82) is 0 Å². The molecular formula is C20H23N2O4. The average molecular weight is 355 g/mol. The molecule has 0 aromatic heterocycles. The summed E-state index contributed by atoms with van der Waals surface area (Å²) in [5, 5.41) is 10.2. The van der Waals surface area contributed by atoms with Crippen LogP contribution in [0.4, 0.5) is 4.79 Å². The second kappa shape index (κ2) is 9.58. The van der Waals surface area contributed by atoms with Gasteiger partial charge in [-0.1, -0.05) is 42.5 Å². The van der Waals surface area contributed by atoms with E-state index in [1.54, 1.807) is 30.7 Å². The molecule has 6 heteroatoms. The molecule has 0 aliphatic carbocycles. The number of aliphatic hydroxyl groups excluding tert-OH is 1. The number of ether oxygens (including phenoxy) is 1. The van der Waals surface area contributed by atoms with Gasteiger partial charge in [-0.3, -0.25) is 4.79 Å². The number of amides is 2. The Balaban J connectivity index is 1.93. The average Bonchev–Trinajstić information content (AvgIpc) is 2.60. The molecule has 0 saturated heterocycles. The number of hydrogen-bond donors (Lipinski definition) is 3. The van der Waals surface area contributed by atoms with E-state index in [-0.39, 0.29) is 6.42 Å². The zero-order chi connectivity index (χ0) is 18.9. The van der Waals surface area contributed by atoms with E-state index in [0.29, 0.717) is 18.6 Å². The van der Waals surface area contributed by atoms with E-state index in [1.807, 2.05) is 30.3 Å². The first kappa shape index (κ1) is 19.5. The highest BCUT2D eigenvalue weighted by atomic mass is 16.5. The quantitative estimate of drug-likeness (QED) is 0.638. The van der Waals surface area contributed by atoms with Crippen LogP contribution in [-0.4, -0.2) is 23.2 Å². The molecule has 1 radical (unpaired) electrons. The Morgan fingerprint density at radius 3 is 2.38 bits per heavy atom. The molecule has 26 heavy (non-hydrogen) atoms. The molecule has 0 saturated carbocycles. The fraction of sp³-hybridized carbons (Fsp3) is 0.250. The second-order valence-electron chi connectivity index (χ2n) is 6.10. The fourth-order valence-electron chi connectivity index (χ4n) is 2.71. The van der Waals surface area contributed by atoms with E-state index in [1.165, 1.54) is 0 Å². The molecule has 0 bridgehead atoms. The SMILES string of the molecule is NC(=O)Oc1cccc(C[C@H](C[C@@H](O)[CH]Cc2ccccc2)C(N)=O)c1. The van der Waals surface area contributed by atoms with E-state index in [4.69, 9.17) is 16.2 Å². The van der Waals surface area contributed by atoms with E-state index < -0.39 is 24.0 Å². The Morgan fingerprint density at radius 1 is 1.04 bits per heavy atom. The minimum atomic E-state index is -0.903. The first-order chi connectivity index (χ1) is 12.4. The van der Waals surface area contributed by atoms with Crippen LogP contribution >= 0.6 is 0 Å². The zero-order valence-corrected chi connectivity index (χ0v) is 14.4. The maximum atomic E-state index is 11.8. The van der Waals surface area contributed by atoms with Crippen LogP contribution in [0.25, 0.3) is 0 Å². The van der Waals surface area contributed by atoms with Crippen molar-refractivity contribution in [1.82, 2.24) is 0 Å². The number of primary amides is 2. The van der Waals surface area contributed by atoms with Gasteiger partial charge in [-0.05, 0) is 48.9 Å². The summed E-state index contributed by atoms with van der Waals surface area (Å²) in [4.78, 5) is 22.6. The Hall–Kier alpha value is -2.86. The molecule has 6 nitrogen and oxygen atoms in total. The summed E-state index contributed by atoms with van der Waals surface area (Å²) in [6.45, 7) is 0. The summed E-state index contributed by atoms with van der Waals surface area (Å²) < 4.78 is 4.83. The molecule has 0 aliphatic heterocycles. The fourth-order valence-corrected chi connectivity index (χ4v) is 2.71. The monoisotopic (exact) mass is 355 g/mol. The van der Waals surface area contributed by atoms with Crippen molar-refractivity contribution < 1.29 is 19.4 Å². The number of hydrogen-bond acceptors (Lipinski definition) is 4. The highest BCUT2D eigenvalue weighted by molar-refractivity contribution is 5.77. The lowest BCUT2D eigenvalue weighted by Crippen LogP contribution is -2.29. The van der Waals surface area contributed by atoms with Crippen LogP contribution in [0, 0.1) is 12.3 Å². The lowest BCUT2D eigenvalue weighted by Gasteiger charge is -2.18. The van der Waals surface area contributed by atoms with Crippen molar-refractivity contribution >= 4 is 12.0 Å². The van der Waals surface area contributed by atoms with E-state index in [2.05, 4.69) is 0 Å². The van der Waals surface area contributed by atoms with E-state index >= 15 is 0 Å². The van der Waals surface area contributed by atoms with Crippen molar-refractivity contribution in [2.75, 3.05) is 0 Å². The van der Waals surface area contributed by atoms with Crippen LogP contribution in [0.2, 0.25) is 0 Å². The van der Waals surface area contributed by atoms with Crippen LogP contribution < -0.4 is 16.2 Å². The molecule has 0 fully saturated rings. The maximum absolute atomic E-state index is 11.8. The summed E-state index contributed by atoms with van der Waals surface area (Å²) in [5.41, 5.74) is 12.3. The number of carbonyl (C=O) groups excluding carboxylic acids is 2. The van der Waals surface area contributed by atoms with Crippen molar-refractivity contribution in [3.63, 3.8) is 0 Å². The topological polar surface area (TPSA) is 116 Å². The number of carbonyl (C=O) groups is 2. The molecule has 0 heterocycles. The summed E-state index contributed by atoms with van der Waals surface area (Å²) >= 11 is 0. The van der Waals surface area contributed by atoms with Crippen molar-refractivity contribution in [3.05, 3.63) is 72.1 Å². The van der Waals surface area contributed by atoms with E-state index in [0.717, 1.165) is 11.1 Å². The third-order valence-electron chi connectivity index (χ3n) is 4.00. The summed E-state index contributed by atoms with van der Waals surface area (Å²) in [7, 11) is 0. The molecular weight excluding hydrogens is 332 g/mol. The largest absolute Gasteiger partial charge is 0.410 e. The Morgan fingerprint density at radius 2 is 1.73 bits per heavy atom. The molecule has 0 spiro atoms. The lowest BCUT2D eigenvalue weighted by molar-refractivity contribution is -0.122. The van der Waals surface area contributed by atoms with Gasteiger partial charge in [0.15, 0.2) is 0 Å². The number of rotatable bonds is 9. The smallest absolute Gasteiger partial charge is 0.409 e. The van der Waals surface area contributed by atoms with Crippen LogP contribution in [0.15, 0.2) is 54.6 Å². The van der Waals surface area contributed by atoms with Gasteiger partial charge >= 0.3 is 6.09 Å². The van der Waals surface area contributed by atoms with Crippen molar-refractivity contribution in [2.24, 2.45) is 17.4 Å². The van der Waals surface area contributed by atoms with Gasteiger partial charge in [0, 0.05) is 5.92 Å². The van der Waals surface area contributed by atoms with Gasteiger partial charge in [-0.15, -0.1) is 0 Å². The van der Waals surface area contributed by atoms with Crippen molar-refractivity contribution in [2.45, 2.75) is 25.4 Å². The molecule has 0 unspecified atom stereocenters. The van der Waals surface area contributed by atoms with Gasteiger partial charge in [-0.25, -0.2) is 4.79 Å². The molecule has 2 aromatic carbocycles. The summed E-state index contributed by atoms with van der Waals surface area (Å²) in [5.74, 6) is -0.728. The van der Waals surface area contributed by atoms with Gasteiger partial charge in [0.25, 0.3) is 0 Å².